The van der Waals surface area contributed by atoms with Crippen LogP contribution in [0, 0.1) is 11.3 Å². The highest BCUT2D eigenvalue weighted by Crippen LogP contribution is 2.03. The fourth-order valence-electron chi connectivity index (χ4n) is 1.68. The first kappa shape index (κ1) is 15.7. The molecule has 0 atom stereocenters. The van der Waals surface area contributed by atoms with Crippen LogP contribution in [0.15, 0.2) is 58.7 Å². The van der Waals surface area contributed by atoms with E-state index in [4.69, 9.17) is 11.0 Å². The minimum Gasteiger partial charge on any atom is -0.399 e. The average Bonchev–Trinajstić information content (AvgIpc) is 2.55. The number of rotatable bonds is 4. The Balaban J connectivity index is 1.83. The van der Waals surface area contributed by atoms with Gasteiger partial charge in [-0.3, -0.25) is 0 Å². The lowest BCUT2D eigenvalue weighted by Crippen LogP contribution is -2.28. The number of carbonyl (C=O) groups excluding carboxylic acids is 1. The van der Waals surface area contributed by atoms with Gasteiger partial charge in [-0.05, 0) is 35.4 Å². The average molecular weight is 306 g/mol. The van der Waals surface area contributed by atoms with Crippen molar-refractivity contribution in [2.45, 2.75) is 0 Å². The Labute approximate surface area is 133 Å². The largest absolute Gasteiger partial charge is 0.399 e. The third-order valence-electron chi connectivity index (χ3n) is 2.69. The molecule has 0 aliphatic rings. The predicted molar refractivity (Wildman–Crippen MR) is 88.9 cm³/mol. The van der Waals surface area contributed by atoms with Crippen LogP contribution in [0.2, 0.25) is 0 Å². The van der Waals surface area contributed by atoms with Gasteiger partial charge in [0.15, 0.2) is 0 Å². The molecular formula is C16H14N6O. The van der Waals surface area contributed by atoms with Crippen molar-refractivity contribution in [3.8, 4) is 6.07 Å². The lowest BCUT2D eigenvalue weighted by Gasteiger charge is -1.98. The molecule has 0 aromatic heterocycles. The quantitative estimate of drug-likeness (QED) is 0.454. The molecule has 0 aliphatic carbocycles. The Hall–Kier alpha value is -3.66. The van der Waals surface area contributed by atoms with E-state index in [1.807, 2.05) is 6.07 Å². The van der Waals surface area contributed by atoms with Gasteiger partial charge in [-0.2, -0.15) is 15.5 Å². The second-order valence-corrected chi connectivity index (χ2v) is 4.48. The van der Waals surface area contributed by atoms with Crippen LogP contribution in [0.25, 0.3) is 0 Å². The summed E-state index contributed by atoms with van der Waals surface area (Å²) in [5, 5.41) is 16.3. The number of hydrazone groups is 2. The molecule has 2 amide bonds. The number of anilines is 1. The number of carbonyl (C=O) groups is 1. The summed E-state index contributed by atoms with van der Waals surface area (Å²) in [4.78, 5) is 11.5. The first-order valence-electron chi connectivity index (χ1n) is 6.65. The summed E-state index contributed by atoms with van der Waals surface area (Å²) in [5.41, 5.74) is 12.8. The number of nitrogens with one attached hydrogen (secondary N) is 2. The fraction of sp³-hybridized carbons (Fsp3) is 0. The third kappa shape index (κ3) is 5.32. The number of nitrogen functional groups attached to an aromatic ring is 1. The molecule has 0 saturated heterocycles. The number of hydrogen-bond acceptors (Lipinski definition) is 5. The first-order chi connectivity index (χ1) is 11.2. The lowest BCUT2D eigenvalue weighted by molar-refractivity contribution is 0.242. The Kier molecular flexibility index (Phi) is 5.43. The van der Waals surface area contributed by atoms with Crippen molar-refractivity contribution < 1.29 is 4.79 Å². The van der Waals surface area contributed by atoms with Gasteiger partial charge in [0, 0.05) is 5.69 Å². The van der Waals surface area contributed by atoms with Gasteiger partial charge < -0.3 is 5.73 Å². The minimum atomic E-state index is -0.585. The maximum atomic E-state index is 11.5. The minimum absolute atomic E-state index is 0.519. The number of amides is 2. The highest BCUT2D eigenvalue weighted by molar-refractivity contribution is 5.84. The molecule has 114 valence electrons. The van der Waals surface area contributed by atoms with Gasteiger partial charge in [0.25, 0.3) is 0 Å². The normalized spacial score (nSPS) is 10.6. The van der Waals surface area contributed by atoms with Gasteiger partial charge in [0.1, 0.15) is 0 Å². The van der Waals surface area contributed by atoms with Crippen molar-refractivity contribution >= 4 is 24.1 Å². The number of nitrogens with two attached hydrogens (primary N) is 1. The molecule has 0 spiro atoms. The van der Waals surface area contributed by atoms with Gasteiger partial charge >= 0.3 is 6.03 Å². The number of benzene rings is 2. The summed E-state index contributed by atoms with van der Waals surface area (Å²) in [6.07, 6.45) is 2.90. The summed E-state index contributed by atoms with van der Waals surface area (Å²) in [5.74, 6) is 0. The molecule has 4 N–H and O–H groups in total. The zero-order valence-corrected chi connectivity index (χ0v) is 12.1. The maximum Gasteiger partial charge on any atom is 0.355 e. The van der Waals surface area contributed by atoms with Crippen molar-refractivity contribution in [2.75, 3.05) is 5.73 Å². The summed E-state index contributed by atoms with van der Waals surface area (Å²) < 4.78 is 0. The van der Waals surface area contributed by atoms with Crippen LogP contribution in [0.5, 0.6) is 0 Å². The maximum absolute atomic E-state index is 11.5. The highest BCUT2D eigenvalue weighted by Gasteiger charge is 1.95. The van der Waals surface area contributed by atoms with E-state index in [-0.39, 0.29) is 0 Å². The fourth-order valence-corrected chi connectivity index (χ4v) is 1.68. The van der Waals surface area contributed by atoms with Crippen molar-refractivity contribution in [1.29, 1.82) is 5.26 Å². The third-order valence-corrected chi connectivity index (χ3v) is 2.69. The molecular weight excluding hydrogens is 292 g/mol. The van der Waals surface area contributed by atoms with Gasteiger partial charge in [-0.1, -0.05) is 24.3 Å². The number of hydrogen-bond donors (Lipinski definition) is 3. The van der Waals surface area contributed by atoms with Crippen LogP contribution < -0.4 is 16.6 Å². The zero-order chi connectivity index (χ0) is 16.5. The van der Waals surface area contributed by atoms with E-state index in [1.165, 1.54) is 12.4 Å². The molecule has 0 fully saturated rings. The summed E-state index contributed by atoms with van der Waals surface area (Å²) >= 11 is 0. The molecule has 0 bridgehead atoms. The molecule has 7 nitrogen and oxygen atoms in total. The Morgan fingerprint density at radius 1 is 1.04 bits per heavy atom. The zero-order valence-electron chi connectivity index (χ0n) is 12.1. The van der Waals surface area contributed by atoms with Crippen molar-refractivity contribution in [3.05, 3.63) is 65.2 Å². The van der Waals surface area contributed by atoms with Crippen LogP contribution in [-0.2, 0) is 0 Å². The van der Waals surface area contributed by atoms with E-state index >= 15 is 0 Å². The van der Waals surface area contributed by atoms with Crippen molar-refractivity contribution in [3.63, 3.8) is 0 Å². The molecule has 2 aromatic carbocycles. The number of urea groups is 1. The SMILES string of the molecule is N#Cc1cccc(/C=N/NC(=O)N/N=C/c2cccc(N)c2)c1. The molecule has 2 rings (SSSR count). The van der Waals surface area contributed by atoms with Crippen LogP contribution in [0.4, 0.5) is 10.5 Å². The summed E-state index contributed by atoms with van der Waals surface area (Å²) in [7, 11) is 0. The standard InChI is InChI=1S/C16H14N6O/c17-9-12-3-1-4-13(7-12)10-19-21-16(23)22-20-11-14-5-2-6-15(18)8-14/h1-8,10-11H,18H2,(H2,21,22,23)/b19-10+,20-11+. The van der Waals surface area contributed by atoms with E-state index in [0.29, 0.717) is 16.8 Å². The molecule has 0 saturated carbocycles. The van der Waals surface area contributed by atoms with Crippen LogP contribution in [-0.4, -0.2) is 18.5 Å². The summed E-state index contributed by atoms with van der Waals surface area (Å²) in [6.45, 7) is 0. The molecule has 2 aromatic rings. The monoisotopic (exact) mass is 306 g/mol. The topological polar surface area (TPSA) is 116 Å². The lowest BCUT2D eigenvalue weighted by atomic mass is 10.1. The van der Waals surface area contributed by atoms with Gasteiger partial charge in [-0.25, -0.2) is 15.6 Å². The Morgan fingerprint density at radius 3 is 2.26 bits per heavy atom. The second kappa shape index (κ2) is 7.95. The second-order valence-electron chi connectivity index (χ2n) is 4.48. The summed E-state index contributed by atoms with van der Waals surface area (Å²) in [6, 6.07) is 15.4. The van der Waals surface area contributed by atoms with E-state index in [0.717, 1.165) is 5.56 Å². The molecule has 7 heteroatoms. The molecule has 0 unspecified atom stereocenters. The van der Waals surface area contributed by atoms with E-state index in [2.05, 4.69) is 21.1 Å². The molecule has 0 radical (unpaired) electrons. The molecule has 23 heavy (non-hydrogen) atoms. The molecule has 0 heterocycles. The van der Waals surface area contributed by atoms with E-state index < -0.39 is 6.03 Å². The number of nitrogens with zero attached hydrogens (tertiary/aromatic N) is 3. The number of nitriles is 1. The smallest absolute Gasteiger partial charge is 0.355 e. The van der Waals surface area contributed by atoms with Crippen LogP contribution in [0.3, 0.4) is 0 Å². The van der Waals surface area contributed by atoms with Crippen molar-refractivity contribution in [2.24, 2.45) is 10.2 Å². The van der Waals surface area contributed by atoms with E-state index in [9.17, 15) is 4.79 Å². The molecule has 0 aliphatic heterocycles. The first-order valence-corrected chi connectivity index (χ1v) is 6.65. The Morgan fingerprint density at radius 2 is 1.65 bits per heavy atom. The highest BCUT2D eigenvalue weighted by atomic mass is 16.2. The Bertz CT molecular complexity index is 791. The van der Waals surface area contributed by atoms with E-state index in [1.54, 1.807) is 48.5 Å². The van der Waals surface area contributed by atoms with Crippen LogP contribution in [0.1, 0.15) is 16.7 Å². The van der Waals surface area contributed by atoms with Crippen molar-refractivity contribution in [1.82, 2.24) is 10.9 Å². The van der Waals surface area contributed by atoms with Crippen LogP contribution >= 0.6 is 0 Å². The van der Waals surface area contributed by atoms with Gasteiger partial charge in [0.2, 0.25) is 0 Å². The van der Waals surface area contributed by atoms with Gasteiger partial charge in [0.05, 0.1) is 24.1 Å². The van der Waals surface area contributed by atoms with Gasteiger partial charge in [-0.15, -0.1) is 0 Å². The predicted octanol–water partition coefficient (Wildman–Crippen LogP) is 1.81.